The van der Waals surface area contributed by atoms with E-state index in [1.165, 1.54) is 0 Å². The summed E-state index contributed by atoms with van der Waals surface area (Å²) in [6.45, 7) is 7.76. The third-order valence-corrected chi connectivity index (χ3v) is 3.04. The average molecular weight is 258 g/mol. The quantitative estimate of drug-likeness (QED) is 0.697. The van der Waals surface area contributed by atoms with Crippen molar-refractivity contribution in [2.75, 3.05) is 6.61 Å². The number of aliphatic hydroxyl groups excluding tert-OH is 1. The molecule has 0 bridgehead atoms. The van der Waals surface area contributed by atoms with Crippen LogP contribution in [0.2, 0.25) is 0 Å². The van der Waals surface area contributed by atoms with Crippen molar-refractivity contribution in [2.24, 2.45) is 0 Å². The summed E-state index contributed by atoms with van der Waals surface area (Å²) in [5.41, 5.74) is -0.449. The normalized spacial score (nSPS) is 25.2. The minimum Gasteiger partial charge on any atom is -0.444 e. The average Bonchev–Trinajstić information content (AvgIpc) is 2.18. The van der Waals surface area contributed by atoms with Gasteiger partial charge in [-0.3, -0.25) is 0 Å². The molecular weight excluding hydrogens is 232 g/mol. The van der Waals surface area contributed by atoms with E-state index in [1.807, 2.05) is 27.7 Å². The van der Waals surface area contributed by atoms with Crippen LogP contribution in [-0.2, 0) is 4.74 Å². The molecule has 0 aromatic heterocycles. The van der Waals surface area contributed by atoms with Crippen LogP contribution in [0.5, 0.6) is 0 Å². The summed E-state index contributed by atoms with van der Waals surface area (Å²) < 4.78 is 5.19. The molecule has 1 amide bonds. The highest BCUT2D eigenvalue weighted by Gasteiger charge is 2.32. The molecule has 0 spiro atoms. The molecule has 1 fully saturated rings. The Kier molecular flexibility index (Phi) is 5.41. The smallest absolute Gasteiger partial charge is 0.407 e. The predicted molar refractivity (Wildman–Crippen MR) is 70.5 cm³/mol. The number of ether oxygens (including phenoxy) is 1. The Balaban J connectivity index is 2.17. The summed E-state index contributed by atoms with van der Waals surface area (Å²) in [6.07, 6.45) is 2.36. The van der Waals surface area contributed by atoms with Crippen molar-refractivity contribution in [3.05, 3.63) is 0 Å². The van der Waals surface area contributed by atoms with Crippen LogP contribution in [0.1, 0.15) is 47.0 Å². The molecule has 106 valence electrons. The number of carbonyl (C=O) groups is 1. The molecule has 0 saturated heterocycles. The maximum atomic E-state index is 11.5. The molecular formula is C13H26N2O3. The van der Waals surface area contributed by atoms with E-state index in [-0.39, 0.29) is 24.8 Å². The Hall–Kier alpha value is -0.810. The highest BCUT2D eigenvalue weighted by atomic mass is 16.6. The Bertz CT molecular complexity index is 266. The van der Waals surface area contributed by atoms with Crippen molar-refractivity contribution in [3.63, 3.8) is 0 Å². The van der Waals surface area contributed by atoms with E-state index in [1.54, 1.807) is 0 Å². The Morgan fingerprint density at radius 3 is 2.44 bits per heavy atom. The number of carbonyl (C=O) groups excluding carboxylic acids is 1. The van der Waals surface area contributed by atoms with Crippen LogP contribution < -0.4 is 10.6 Å². The van der Waals surface area contributed by atoms with E-state index >= 15 is 0 Å². The lowest BCUT2D eigenvalue weighted by molar-refractivity contribution is 0.0459. The number of hydrogen-bond acceptors (Lipinski definition) is 4. The van der Waals surface area contributed by atoms with Crippen LogP contribution in [0.15, 0.2) is 0 Å². The lowest BCUT2D eigenvalue weighted by atomic mass is 9.86. The minimum atomic E-state index is -0.449. The number of hydrogen-bond donors (Lipinski definition) is 3. The summed E-state index contributed by atoms with van der Waals surface area (Å²) in [7, 11) is 0. The number of nitrogens with one attached hydrogen (secondary N) is 2. The number of aliphatic hydroxyl groups is 1. The second-order valence-corrected chi connectivity index (χ2v) is 5.97. The van der Waals surface area contributed by atoms with Gasteiger partial charge in [0.1, 0.15) is 5.60 Å². The first kappa shape index (κ1) is 15.2. The fourth-order valence-corrected chi connectivity index (χ4v) is 1.98. The SMILES string of the molecule is CCC(CO)NC1CC(NC(=O)OC(C)(C)C)C1. The van der Waals surface area contributed by atoms with E-state index in [0.29, 0.717) is 6.04 Å². The van der Waals surface area contributed by atoms with Gasteiger partial charge < -0.3 is 20.5 Å². The molecule has 0 aromatic carbocycles. The molecule has 0 aromatic rings. The van der Waals surface area contributed by atoms with E-state index in [4.69, 9.17) is 9.84 Å². The first-order chi connectivity index (χ1) is 8.34. The van der Waals surface area contributed by atoms with Gasteiger partial charge in [0, 0.05) is 18.1 Å². The van der Waals surface area contributed by atoms with Crippen molar-refractivity contribution in [2.45, 2.75) is 70.7 Å². The van der Waals surface area contributed by atoms with Crippen molar-refractivity contribution in [1.82, 2.24) is 10.6 Å². The fourth-order valence-electron chi connectivity index (χ4n) is 1.98. The second kappa shape index (κ2) is 6.38. The topological polar surface area (TPSA) is 70.6 Å². The minimum absolute atomic E-state index is 0.164. The standard InChI is InChI=1S/C13H26N2O3/c1-5-9(8-16)14-10-6-11(7-10)15-12(17)18-13(2,3)4/h9-11,14,16H,5-8H2,1-4H3,(H,15,17). The van der Waals surface area contributed by atoms with Crippen LogP contribution in [0, 0.1) is 0 Å². The van der Waals surface area contributed by atoms with Crippen LogP contribution in [-0.4, -0.2) is 41.5 Å². The number of alkyl carbamates (subject to hydrolysis) is 1. The van der Waals surface area contributed by atoms with Crippen LogP contribution in [0.25, 0.3) is 0 Å². The lowest BCUT2D eigenvalue weighted by Gasteiger charge is -2.38. The van der Waals surface area contributed by atoms with E-state index in [0.717, 1.165) is 19.3 Å². The fraction of sp³-hybridized carbons (Fsp3) is 0.923. The van der Waals surface area contributed by atoms with E-state index < -0.39 is 5.60 Å². The van der Waals surface area contributed by atoms with Gasteiger partial charge in [-0.05, 0) is 40.0 Å². The first-order valence-corrected chi connectivity index (χ1v) is 6.70. The molecule has 18 heavy (non-hydrogen) atoms. The van der Waals surface area contributed by atoms with Gasteiger partial charge in [0.15, 0.2) is 0 Å². The van der Waals surface area contributed by atoms with Gasteiger partial charge in [-0.2, -0.15) is 0 Å². The third-order valence-electron chi connectivity index (χ3n) is 3.04. The van der Waals surface area contributed by atoms with Gasteiger partial charge in [-0.25, -0.2) is 4.79 Å². The highest BCUT2D eigenvalue weighted by Crippen LogP contribution is 2.21. The molecule has 1 atom stereocenters. The first-order valence-electron chi connectivity index (χ1n) is 6.70. The predicted octanol–water partition coefficient (Wildman–Crippen LogP) is 1.40. The van der Waals surface area contributed by atoms with Gasteiger partial charge in [-0.15, -0.1) is 0 Å². The van der Waals surface area contributed by atoms with Crippen LogP contribution >= 0.6 is 0 Å². The van der Waals surface area contributed by atoms with Crippen molar-refractivity contribution >= 4 is 6.09 Å². The van der Waals surface area contributed by atoms with Gasteiger partial charge in [-0.1, -0.05) is 6.92 Å². The lowest BCUT2D eigenvalue weighted by Crippen LogP contribution is -2.55. The van der Waals surface area contributed by atoms with Crippen LogP contribution in [0.4, 0.5) is 4.79 Å². The molecule has 1 unspecified atom stereocenters. The Labute approximate surface area is 109 Å². The van der Waals surface area contributed by atoms with E-state index in [9.17, 15) is 4.79 Å². The zero-order valence-corrected chi connectivity index (χ0v) is 11.8. The molecule has 5 heteroatoms. The Morgan fingerprint density at radius 2 is 2.00 bits per heavy atom. The number of amides is 1. The summed E-state index contributed by atoms with van der Waals surface area (Å²) >= 11 is 0. The van der Waals surface area contributed by atoms with Crippen LogP contribution in [0.3, 0.4) is 0 Å². The summed E-state index contributed by atoms with van der Waals surface area (Å²) in [5.74, 6) is 0. The number of rotatable bonds is 5. The highest BCUT2D eigenvalue weighted by molar-refractivity contribution is 5.68. The van der Waals surface area contributed by atoms with Crippen molar-refractivity contribution in [1.29, 1.82) is 0 Å². The molecule has 0 aliphatic heterocycles. The summed E-state index contributed by atoms with van der Waals surface area (Å²) in [5, 5.41) is 15.3. The maximum absolute atomic E-state index is 11.5. The summed E-state index contributed by atoms with van der Waals surface area (Å²) in [6, 6.07) is 0.744. The Morgan fingerprint density at radius 1 is 1.39 bits per heavy atom. The summed E-state index contributed by atoms with van der Waals surface area (Å²) in [4.78, 5) is 11.5. The van der Waals surface area contributed by atoms with Gasteiger partial charge in [0.05, 0.1) is 6.61 Å². The van der Waals surface area contributed by atoms with Gasteiger partial charge >= 0.3 is 6.09 Å². The molecule has 0 heterocycles. The largest absolute Gasteiger partial charge is 0.444 e. The zero-order chi connectivity index (χ0) is 13.8. The van der Waals surface area contributed by atoms with Gasteiger partial charge in [0.25, 0.3) is 0 Å². The molecule has 0 radical (unpaired) electrons. The molecule has 5 nitrogen and oxygen atoms in total. The molecule has 3 N–H and O–H groups in total. The van der Waals surface area contributed by atoms with Gasteiger partial charge in [0.2, 0.25) is 0 Å². The monoisotopic (exact) mass is 258 g/mol. The molecule has 1 aliphatic rings. The van der Waals surface area contributed by atoms with Crippen molar-refractivity contribution in [3.8, 4) is 0 Å². The van der Waals surface area contributed by atoms with Crippen molar-refractivity contribution < 1.29 is 14.6 Å². The molecule has 1 saturated carbocycles. The second-order valence-electron chi connectivity index (χ2n) is 5.97. The third kappa shape index (κ3) is 5.23. The molecule has 1 rings (SSSR count). The zero-order valence-electron chi connectivity index (χ0n) is 11.8. The molecule has 1 aliphatic carbocycles. The van der Waals surface area contributed by atoms with E-state index in [2.05, 4.69) is 10.6 Å². The maximum Gasteiger partial charge on any atom is 0.407 e.